The maximum absolute atomic E-state index is 8.53. The molecule has 0 aliphatic heterocycles. The van der Waals surface area contributed by atoms with Crippen LogP contribution < -0.4 is 4.90 Å². The fraction of sp³-hybridized carbons (Fsp3) is 0. The molecule has 0 fully saturated rings. The van der Waals surface area contributed by atoms with E-state index in [-0.39, 0.29) is 29.7 Å². The molecule has 8 aromatic carbocycles. The smallest absolute Gasteiger partial charge is 0.143 e. The second-order valence-corrected chi connectivity index (χ2v) is 11.4. The summed E-state index contributed by atoms with van der Waals surface area (Å²) in [6.07, 6.45) is 0. The highest BCUT2D eigenvalue weighted by molar-refractivity contribution is 6.17. The molecule has 0 saturated carbocycles. The monoisotopic (exact) mass is 592 g/mol. The summed E-state index contributed by atoms with van der Waals surface area (Å²) in [7, 11) is 0. The number of hydrogen-bond donors (Lipinski definition) is 0. The van der Waals surface area contributed by atoms with Crippen LogP contribution in [0.5, 0.6) is 0 Å². The zero-order valence-electron chi connectivity index (χ0n) is 29.7. The first kappa shape index (κ1) is 21.6. The van der Waals surface area contributed by atoms with Crippen molar-refractivity contribution in [1.29, 1.82) is 0 Å². The van der Waals surface area contributed by atoms with Crippen molar-refractivity contribution in [1.82, 2.24) is 0 Å². The number of benzene rings is 8. The van der Waals surface area contributed by atoms with Crippen LogP contribution in [0.1, 0.15) is 6.85 Å². The molecular formula is C44H29NO. The summed E-state index contributed by atoms with van der Waals surface area (Å²) < 4.78 is 47.9. The molecule has 2 nitrogen and oxygen atoms in total. The van der Waals surface area contributed by atoms with Gasteiger partial charge in [0.1, 0.15) is 11.2 Å². The van der Waals surface area contributed by atoms with E-state index < -0.39 is 6.04 Å². The van der Waals surface area contributed by atoms with Gasteiger partial charge in [0.05, 0.1) is 12.5 Å². The third-order valence-corrected chi connectivity index (χ3v) is 8.76. The number of hydrogen-bond acceptors (Lipinski definition) is 2. The predicted octanol–water partition coefficient (Wildman–Crippen LogP) is 12.7. The van der Waals surface area contributed by atoms with Crippen molar-refractivity contribution in [2.45, 2.75) is 0 Å². The van der Waals surface area contributed by atoms with Crippen LogP contribution in [0.15, 0.2) is 180 Å². The van der Waals surface area contributed by atoms with Crippen LogP contribution >= 0.6 is 0 Å². The molecule has 46 heavy (non-hydrogen) atoms. The molecule has 0 bridgehead atoms. The molecule has 0 spiro atoms. The highest BCUT2D eigenvalue weighted by Crippen LogP contribution is 2.43. The molecule has 0 unspecified atom stereocenters. The molecule has 0 aliphatic rings. The van der Waals surface area contributed by atoms with E-state index in [9.17, 15) is 0 Å². The molecular weight excluding hydrogens is 558 g/mol. The summed E-state index contributed by atoms with van der Waals surface area (Å²) in [6, 6.07) is 47.8. The Morgan fingerprint density at radius 2 is 1.04 bits per heavy atom. The lowest BCUT2D eigenvalue weighted by Crippen LogP contribution is -2.10. The van der Waals surface area contributed by atoms with Crippen molar-refractivity contribution >= 4 is 60.5 Å². The Labute approximate surface area is 274 Å². The van der Waals surface area contributed by atoms with Crippen molar-refractivity contribution in [3.8, 4) is 22.3 Å². The van der Waals surface area contributed by atoms with Crippen molar-refractivity contribution in [3.63, 3.8) is 0 Å². The number of para-hydroxylation sites is 1. The Balaban J connectivity index is 1.22. The highest BCUT2D eigenvalue weighted by atomic mass is 16.3. The first-order valence-corrected chi connectivity index (χ1v) is 15.3. The van der Waals surface area contributed by atoms with E-state index in [1.807, 2.05) is 48.5 Å². The topological polar surface area (TPSA) is 16.4 Å². The van der Waals surface area contributed by atoms with Crippen molar-refractivity contribution in [2.24, 2.45) is 0 Å². The molecule has 1 aromatic heterocycles. The molecule has 2 heteroatoms. The van der Waals surface area contributed by atoms with Crippen LogP contribution in [-0.2, 0) is 0 Å². The van der Waals surface area contributed by atoms with Gasteiger partial charge in [-0.1, -0.05) is 133 Å². The standard InChI is InChI=1S/C44H29NO/c1-2-10-30(11-3-1)31-20-24-34(25-21-31)45(35-26-22-33(23-27-35)37-16-8-13-32-12-4-5-14-36(32)37)42-18-9-17-40-38(42)28-29-41-39-15-6-7-19-43(39)46-44(40)41/h1-29H/i1D,2D,3D,10D,11D. The molecule has 1 heterocycles. The van der Waals surface area contributed by atoms with Gasteiger partial charge < -0.3 is 9.32 Å². The zero-order valence-corrected chi connectivity index (χ0v) is 24.7. The Morgan fingerprint density at radius 3 is 1.85 bits per heavy atom. The van der Waals surface area contributed by atoms with E-state index in [0.29, 0.717) is 5.56 Å². The normalized spacial score (nSPS) is 13.0. The SMILES string of the molecule is [2H]c1c([2H])c([2H])c(-c2ccc(N(c3ccc(-c4cccc5ccccc45)cc3)c3cccc4c3ccc3c5ccccc5oc43)cc2)c([2H])c1[2H]. The summed E-state index contributed by atoms with van der Waals surface area (Å²) >= 11 is 0. The number of furan rings is 1. The van der Waals surface area contributed by atoms with Gasteiger partial charge in [-0.25, -0.2) is 0 Å². The van der Waals surface area contributed by atoms with Crippen LogP contribution in [0.3, 0.4) is 0 Å². The van der Waals surface area contributed by atoms with Crippen molar-refractivity contribution in [3.05, 3.63) is 176 Å². The summed E-state index contributed by atoms with van der Waals surface area (Å²) in [5.74, 6) is 0. The molecule has 0 aliphatic carbocycles. The molecule has 0 amide bonds. The van der Waals surface area contributed by atoms with Crippen molar-refractivity contribution < 1.29 is 11.3 Å². The van der Waals surface area contributed by atoms with E-state index in [1.54, 1.807) is 0 Å². The van der Waals surface area contributed by atoms with Crippen LogP contribution in [-0.4, -0.2) is 0 Å². The van der Waals surface area contributed by atoms with Crippen LogP contribution in [0.4, 0.5) is 17.1 Å². The summed E-state index contributed by atoms with van der Waals surface area (Å²) in [6.45, 7) is 0. The molecule has 9 aromatic rings. The fourth-order valence-corrected chi connectivity index (χ4v) is 6.58. The third-order valence-electron chi connectivity index (χ3n) is 8.76. The van der Waals surface area contributed by atoms with Gasteiger partial charge in [0, 0.05) is 32.9 Å². The maximum Gasteiger partial charge on any atom is 0.143 e. The third kappa shape index (κ3) is 4.35. The Bertz CT molecular complexity index is 2770. The minimum Gasteiger partial charge on any atom is -0.455 e. The van der Waals surface area contributed by atoms with E-state index >= 15 is 0 Å². The molecule has 9 rings (SSSR count). The Kier molecular flexibility index (Phi) is 5.06. The zero-order chi connectivity index (χ0) is 34.8. The van der Waals surface area contributed by atoms with E-state index in [0.717, 1.165) is 60.9 Å². The highest BCUT2D eigenvalue weighted by Gasteiger charge is 2.18. The summed E-state index contributed by atoms with van der Waals surface area (Å²) in [5.41, 5.74) is 7.39. The average Bonchev–Trinajstić information content (AvgIpc) is 3.57. The molecule has 0 radical (unpaired) electrons. The average molecular weight is 593 g/mol. The van der Waals surface area contributed by atoms with Crippen molar-refractivity contribution in [2.75, 3.05) is 4.90 Å². The number of fused-ring (bicyclic) bond motifs is 6. The summed E-state index contributed by atoms with van der Waals surface area (Å²) in [4.78, 5) is 2.19. The fourth-order valence-electron chi connectivity index (χ4n) is 6.58. The quantitative estimate of drug-likeness (QED) is 0.198. The van der Waals surface area contributed by atoms with E-state index in [1.165, 1.54) is 10.8 Å². The van der Waals surface area contributed by atoms with Crippen LogP contribution in [0, 0.1) is 0 Å². The second kappa shape index (κ2) is 10.8. The molecule has 0 saturated heterocycles. The Morgan fingerprint density at radius 1 is 0.435 bits per heavy atom. The van der Waals surface area contributed by atoms with Gasteiger partial charge >= 0.3 is 0 Å². The lowest BCUT2D eigenvalue weighted by molar-refractivity contribution is 0.672. The largest absolute Gasteiger partial charge is 0.455 e. The van der Waals surface area contributed by atoms with Gasteiger partial charge in [0.2, 0.25) is 0 Å². The molecule has 0 atom stereocenters. The second-order valence-electron chi connectivity index (χ2n) is 11.4. The number of anilines is 3. The first-order chi connectivity index (χ1) is 24.9. The Hall–Kier alpha value is -6.12. The maximum atomic E-state index is 8.53. The van der Waals surface area contributed by atoms with E-state index in [4.69, 9.17) is 11.3 Å². The van der Waals surface area contributed by atoms with E-state index in [2.05, 4.69) is 102 Å². The number of rotatable bonds is 5. The number of nitrogens with zero attached hydrogens (tertiary/aromatic N) is 1. The van der Waals surface area contributed by atoms with Gasteiger partial charge in [-0.3, -0.25) is 0 Å². The minimum atomic E-state index is -0.405. The first-order valence-electron chi connectivity index (χ1n) is 17.8. The van der Waals surface area contributed by atoms with Crippen LogP contribution in [0.25, 0.3) is 65.7 Å². The van der Waals surface area contributed by atoms with Crippen LogP contribution in [0.2, 0.25) is 0 Å². The molecule has 216 valence electrons. The predicted molar refractivity (Wildman–Crippen MR) is 194 cm³/mol. The lowest BCUT2D eigenvalue weighted by atomic mass is 9.97. The minimum absolute atomic E-state index is 0.177. The van der Waals surface area contributed by atoms with Gasteiger partial charge in [0.25, 0.3) is 0 Å². The molecule has 0 N–H and O–H groups in total. The van der Waals surface area contributed by atoms with Gasteiger partial charge in [-0.05, 0) is 75.5 Å². The van der Waals surface area contributed by atoms with Gasteiger partial charge in [-0.2, -0.15) is 0 Å². The van der Waals surface area contributed by atoms with Gasteiger partial charge in [-0.15, -0.1) is 0 Å². The van der Waals surface area contributed by atoms with Gasteiger partial charge in [0.15, 0.2) is 0 Å². The summed E-state index contributed by atoms with van der Waals surface area (Å²) in [5, 5.41) is 6.52. The lowest BCUT2D eigenvalue weighted by Gasteiger charge is -2.27.